The van der Waals surface area contributed by atoms with E-state index in [0.29, 0.717) is 30.0 Å². The van der Waals surface area contributed by atoms with Gasteiger partial charge in [-0.15, -0.1) is 0 Å². The third-order valence-electron chi connectivity index (χ3n) is 5.36. The van der Waals surface area contributed by atoms with E-state index in [2.05, 4.69) is 0 Å². The van der Waals surface area contributed by atoms with Crippen molar-refractivity contribution in [2.45, 2.75) is 38.7 Å². The number of amides is 1. The second kappa shape index (κ2) is 8.85. The Labute approximate surface area is 174 Å². The van der Waals surface area contributed by atoms with Gasteiger partial charge in [-0.25, -0.2) is 8.78 Å². The molecule has 0 aliphatic carbocycles. The van der Waals surface area contributed by atoms with Crippen LogP contribution in [0, 0.1) is 6.92 Å². The van der Waals surface area contributed by atoms with Crippen LogP contribution in [0.5, 0.6) is 11.5 Å². The van der Waals surface area contributed by atoms with Crippen LogP contribution in [0.25, 0.3) is 0 Å². The van der Waals surface area contributed by atoms with Crippen molar-refractivity contribution in [3.05, 3.63) is 57.5 Å². The van der Waals surface area contributed by atoms with Crippen LogP contribution in [0.1, 0.15) is 34.3 Å². The van der Waals surface area contributed by atoms with E-state index in [-0.39, 0.29) is 24.9 Å². The second-order valence-corrected chi connectivity index (χ2v) is 7.50. The molecule has 1 aromatic carbocycles. The lowest BCUT2D eigenvalue weighted by Crippen LogP contribution is -2.47. The summed E-state index contributed by atoms with van der Waals surface area (Å²) < 4.78 is 39.4. The highest BCUT2D eigenvalue weighted by Crippen LogP contribution is 2.28. The number of hydrogen-bond acceptors (Lipinski definition) is 4. The second-order valence-electron chi connectivity index (χ2n) is 7.50. The normalized spacial score (nSPS) is 15.7. The van der Waals surface area contributed by atoms with E-state index >= 15 is 0 Å². The van der Waals surface area contributed by atoms with Gasteiger partial charge in [-0.3, -0.25) is 9.59 Å². The summed E-state index contributed by atoms with van der Waals surface area (Å²) in [5, 5.41) is 0. The van der Waals surface area contributed by atoms with E-state index in [9.17, 15) is 18.4 Å². The van der Waals surface area contributed by atoms with Gasteiger partial charge in [0.1, 0.15) is 5.56 Å². The van der Waals surface area contributed by atoms with Gasteiger partial charge in [-0.05, 0) is 49.1 Å². The molecule has 0 saturated carbocycles. The van der Waals surface area contributed by atoms with Gasteiger partial charge >= 0.3 is 0 Å². The first-order chi connectivity index (χ1) is 14.3. The van der Waals surface area contributed by atoms with Crippen LogP contribution in [0.4, 0.5) is 8.78 Å². The van der Waals surface area contributed by atoms with Crippen molar-refractivity contribution in [2.24, 2.45) is 0 Å². The Kier molecular flexibility index (Phi) is 6.43. The van der Waals surface area contributed by atoms with Gasteiger partial charge in [0, 0.05) is 25.7 Å². The molecule has 0 unspecified atom stereocenters. The molecule has 1 aliphatic rings. The lowest BCUT2D eigenvalue weighted by Gasteiger charge is -2.32. The lowest BCUT2D eigenvalue weighted by atomic mass is 10.0. The van der Waals surface area contributed by atoms with Crippen LogP contribution < -0.4 is 15.0 Å². The van der Waals surface area contributed by atoms with Crippen LogP contribution in [0.15, 0.2) is 35.3 Å². The van der Waals surface area contributed by atoms with Gasteiger partial charge in [0.05, 0.1) is 20.8 Å². The smallest absolute Gasteiger partial charge is 0.265 e. The summed E-state index contributed by atoms with van der Waals surface area (Å²) in [6.45, 7) is 1.57. The fourth-order valence-corrected chi connectivity index (χ4v) is 3.68. The molecule has 30 heavy (non-hydrogen) atoms. The molecule has 0 bridgehead atoms. The van der Waals surface area contributed by atoms with Crippen molar-refractivity contribution in [3.63, 3.8) is 0 Å². The van der Waals surface area contributed by atoms with Crippen molar-refractivity contribution < 1.29 is 23.0 Å². The summed E-state index contributed by atoms with van der Waals surface area (Å²) in [5.41, 5.74) is 0.918. The number of methoxy groups -OCH3 is 2. The number of carbonyl (C=O) groups is 1. The Bertz CT molecular complexity index is 988. The van der Waals surface area contributed by atoms with Gasteiger partial charge in [-0.1, -0.05) is 6.07 Å². The van der Waals surface area contributed by atoms with Crippen molar-refractivity contribution in [1.82, 2.24) is 9.47 Å². The third-order valence-corrected chi connectivity index (χ3v) is 5.36. The van der Waals surface area contributed by atoms with Crippen molar-refractivity contribution in [3.8, 4) is 11.5 Å². The number of likely N-dealkylation sites (tertiary alicyclic amines) is 1. The molecule has 1 aliphatic heterocycles. The van der Waals surface area contributed by atoms with Gasteiger partial charge in [0.25, 0.3) is 17.4 Å². The predicted octanol–water partition coefficient (Wildman–Crippen LogP) is 3.29. The molecule has 3 rings (SSSR count). The van der Waals surface area contributed by atoms with Crippen LogP contribution in [-0.4, -0.2) is 48.6 Å². The summed E-state index contributed by atoms with van der Waals surface area (Å²) in [5.74, 6) is -2.34. The number of nitrogens with zero attached hydrogens (tertiary/aromatic N) is 2. The van der Waals surface area contributed by atoms with E-state index < -0.39 is 23.9 Å². The van der Waals surface area contributed by atoms with E-state index in [1.54, 1.807) is 39.5 Å². The summed E-state index contributed by atoms with van der Waals surface area (Å²) >= 11 is 0. The average Bonchev–Trinajstić information content (AvgIpc) is 2.72. The SMILES string of the molecule is COc1ccc(CCn2ccc(C)c(C(=O)N3CCCC(F)(F)C3)c2=O)cc1OC. The Hall–Kier alpha value is -2.90. The zero-order chi connectivity index (χ0) is 21.9. The zero-order valence-corrected chi connectivity index (χ0v) is 17.4. The van der Waals surface area contributed by atoms with Gasteiger partial charge in [0.2, 0.25) is 0 Å². The number of aryl methyl sites for hydroxylation is 3. The monoisotopic (exact) mass is 420 g/mol. The Morgan fingerprint density at radius 1 is 1.17 bits per heavy atom. The summed E-state index contributed by atoms with van der Waals surface area (Å²) in [7, 11) is 3.11. The molecule has 0 spiro atoms. The van der Waals surface area contributed by atoms with E-state index in [1.807, 2.05) is 12.1 Å². The quantitative estimate of drug-likeness (QED) is 0.720. The van der Waals surface area contributed by atoms with Gasteiger partial charge in [0.15, 0.2) is 11.5 Å². The average molecular weight is 420 g/mol. The molecule has 0 radical (unpaired) electrons. The minimum atomic E-state index is -2.91. The number of alkyl halides is 2. The van der Waals surface area contributed by atoms with Crippen molar-refractivity contribution in [1.29, 1.82) is 0 Å². The number of pyridine rings is 1. The fourth-order valence-electron chi connectivity index (χ4n) is 3.68. The predicted molar refractivity (Wildman–Crippen MR) is 109 cm³/mol. The zero-order valence-electron chi connectivity index (χ0n) is 17.4. The molecule has 8 heteroatoms. The summed E-state index contributed by atoms with van der Waals surface area (Å²) in [6, 6.07) is 7.17. The maximum atomic E-state index is 13.7. The molecule has 1 saturated heterocycles. The highest BCUT2D eigenvalue weighted by Gasteiger charge is 2.38. The number of benzene rings is 1. The number of aromatic nitrogens is 1. The molecular formula is C22H26F2N2O4. The van der Waals surface area contributed by atoms with Crippen molar-refractivity contribution in [2.75, 3.05) is 27.3 Å². The highest BCUT2D eigenvalue weighted by atomic mass is 19.3. The number of ether oxygens (including phenoxy) is 2. The number of rotatable bonds is 6. The maximum absolute atomic E-state index is 13.7. The van der Waals surface area contributed by atoms with Gasteiger partial charge < -0.3 is 18.9 Å². The maximum Gasteiger partial charge on any atom is 0.265 e. The molecule has 2 heterocycles. The number of halogens is 2. The minimum absolute atomic E-state index is 0.0393. The Morgan fingerprint density at radius 3 is 2.57 bits per heavy atom. The number of carbonyl (C=O) groups excluding carboxylic acids is 1. The molecule has 6 nitrogen and oxygen atoms in total. The van der Waals surface area contributed by atoms with Crippen molar-refractivity contribution >= 4 is 5.91 Å². The Morgan fingerprint density at radius 2 is 1.90 bits per heavy atom. The standard InChI is InChI=1S/C22H26F2N2O4/c1-15-7-11-25(12-8-16-5-6-17(29-2)18(13-16)30-3)20(27)19(15)21(28)26-10-4-9-22(23,24)14-26/h5-7,11,13H,4,8-10,12,14H2,1-3H3. The lowest BCUT2D eigenvalue weighted by molar-refractivity contribution is -0.0561. The molecule has 1 amide bonds. The first kappa shape index (κ1) is 21.8. The van der Waals surface area contributed by atoms with Gasteiger partial charge in [-0.2, -0.15) is 0 Å². The van der Waals surface area contributed by atoms with E-state index in [0.717, 1.165) is 10.5 Å². The molecule has 0 atom stereocenters. The number of hydrogen-bond donors (Lipinski definition) is 0. The van der Waals surface area contributed by atoms with Crippen LogP contribution in [-0.2, 0) is 13.0 Å². The topological polar surface area (TPSA) is 60.8 Å². The first-order valence-electron chi connectivity index (χ1n) is 9.84. The fraction of sp³-hybridized carbons (Fsp3) is 0.455. The molecular weight excluding hydrogens is 394 g/mol. The highest BCUT2D eigenvalue weighted by molar-refractivity contribution is 5.95. The number of piperidine rings is 1. The molecule has 0 N–H and O–H groups in total. The molecule has 1 fully saturated rings. The third kappa shape index (κ3) is 4.63. The van der Waals surface area contributed by atoms with E-state index in [1.165, 1.54) is 4.57 Å². The van der Waals surface area contributed by atoms with Crippen LogP contribution in [0.3, 0.4) is 0 Å². The molecule has 2 aromatic rings. The minimum Gasteiger partial charge on any atom is -0.493 e. The van der Waals surface area contributed by atoms with E-state index in [4.69, 9.17) is 9.47 Å². The largest absolute Gasteiger partial charge is 0.493 e. The van der Waals surface area contributed by atoms with Crippen LogP contribution >= 0.6 is 0 Å². The first-order valence-corrected chi connectivity index (χ1v) is 9.84. The summed E-state index contributed by atoms with van der Waals surface area (Å²) in [4.78, 5) is 26.9. The molecule has 162 valence electrons. The summed E-state index contributed by atoms with van der Waals surface area (Å²) in [6.07, 6.45) is 2.14. The molecule has 1 aromatic heterocycles. The van der Waals surface area contributed by atoms with Crippen LogP contribution in [0.2, 0.25) is 0 Å². The Balaban J connectivity index is 1.81.